The molecule has 0 N–H and O–H groups in total. The van der Waals surface area contributed by atoms with Crippen molar-refractivity contribution in [2.45, 2.75) is 77.8 Å². The van der Waals surface area contributed by atoms with Crippen LogP contribution in [0.25, 0.3) is 0 Å². The summed E-state index contributed by atoms with van der Waals surface area (Å²) in [5.41, 5.74) is 4.51. The van der Waals surface area contributed by atoms with Gasteiger partial charge in [0.05, 0.1) is 0 Å². The first-order chi connectivity index (χ1) is 14.4. The largest absolute Gasteiger partial charge is 0.293 e. The van der Waals surface area contributed by atoms with Crippen molar-refractivity contribution in [1.29, 1.82) is 0 Å². The average molecular weight is 424 g/mol. The summed E-state index contributed by atoms with van der Waals surface area (Å²) < 4.78 is 13.9. The first kappa shape index (κ1) is 22.6. The summed E-state index contributed by atoms with van der Waals surface area (Å²) in [6.07, 6.45) is 5.23. The number of hydrogen-bond acceptors (Lipinski definition) is 3. The van der Waals surface area contributed by atoms with E-state index in [4.69, 9.17) is 0 Å². The summed E-state index contributed by atoms with van der Waals surface area (Å²) in [5, 5.41) is -1.09. The first-order valence-electron chi connectivity index (χ1n) is 11.1. The second kappa shape index (κ2) is 9.35. The maximum atomic E-state index is 14.1. The molecule has 0 bridgehead atoms. The number of ketones is 1. The number of carbonyl (C=O) groups excluding carboxylic acids is 2. The van der Waals surface area contributed by atoms with E-state index in [2.05, 4.69) is 0 Å². The van der Waals surface area contributed by atoms with Crippen molar-refractivity contribution in [3.8, 4) is 0 Å². The topological polar surface area (TPSA) is 51.2 Å². The number of Topliss-reactive ketones (excluding diaryl/α,β-unsaturated/α-hetero) is 1. The van der Waals surface area contributed by atoms with Crippen LogP contribution in [0, 0.1) is 13.8 Å². The van der Waals surface area contributed by atoms with Gasteiger partial charge in [-0.15, -0.1) is 0 Å². The summed E-state index contributed by atoms with van der Waals surface area (Å²) in [4.78, 5) is 27.6. The first-order valence-corrected chi connectivity index (χ1v) is 12.4. The predicted octanol–water partition coefficient (Wildman–Crippen LogP) is 6.98. The van der Waals surface area contributed by atoms with E-state index in [1.165, 1.54) is 0 Å². The molecule has 1 radical (unpaired) electrons. The molecule has 0 spiro atoms. The third kappa shape index (κ3) is 3.93. The van der Waals surface area contributed by atoms with E-state index in [-0.39, 0.29) is 11.3 Å². The van der Waals surface area contributed by atoms with E-state index in [1.54, 1.807) is 0 Å². The smallest absolute Gasteiger partial charge is 0.243 e. The summed E-state index contributed by atoms with van der Waals surface area (Å²) >= 11 is 0. The van der Waals surface area contributed by atoms with Crippen molar-refractivity contribution in [2.75, 3.05) is 0 Å². The van der Waals surface area contributed by atoms with Gasteiger partial charge >= 0.3 is 0 Å². The molecule has 159 valence electrons. The number of hydrogen-bond donors (Lipinski definition) is 0. The Morgan fingerprint density at radius 2 is 1.33 bits per heavy atom. The highest BCUT2D eigenvalue weighted by Crippen LogP contribution is 2.53. The van der Waals surface area contributed by atoms with Gasteiger partial charge in [-0.1, -0.05) is 69.5 Å². The zero-order chi connectivity index (χ0) is 21.9. The van der Waals surface area contributed by atoms with E-state index in [9.17, 15) is 14.2 Å². The van der Waals surface area contributed by atoms with E-state index >= 15 is 0 Å². The van der Waals surface area contributed by atoms with Crippen LogP contribution in [0.4, 0.5) is 0 Å². The van der Waals surface area contributed by atoms with Crippen molar-refractivity contribution in [3.63, 3.8) is 0 Å². The molecule has 0 heterocycles. The summed E-state index contributed by atoms with van der Waals surface area (Å²) in [7, 11) is -2.39. The van der Waals surface area contributed by atoms with Gasteiger partial charge < -0.3 is 0 Å². The molecule has 2 aromatic carbocycles. The Labute approximate surface area is 181 Å². The molecule has 2 aromatic rings. The van der Waals surface area contributed by atoms with Crippen LogP contribution in [-0.4, -0.2) is 16.5 Å². The maximum absolute atomic E-state index is 14.1. The van der Waals surface area contributed by atoms with Crippen molar-refractivity contribution >= 4 is 19.1 Å². The van der Waals surface area contributed by atoms with Crippen molar-refractivity contribution in [1.82, 2.24) is 0 Å². The maximum Gasteiger partial charge on any atom is 0.243 e. The third-order valence-corrected chi connectivity index (χ3v) is 8.62. The molecule has 1 atom stereocenters. The van der Waals surface area contributed by atoms with E-state index in [1.807, 2.05) is 64.1 Å². The van der Waals surface area contributed by atoms with Crippen LogP contribution in [-0.2, 0) is 17.4 Å². The van der Waals surface area contributed by atoms with Crippen LogP contribution in [0.2, 0.25) is 0 Å². The standard InChI is InChI=1S/C26H32O3P/c1-5-20-14-11-15-21(6-2)23(20)24(27)26(16-8-7-9-17-26)30(29)25(28)22-18(3)12-10-13-19(22)4/h10-15H,5-9,16-17H2,1-4H3. The highest BCUT2D eigenvalue weighted by Gasteiger charge is 2.49. The number of benzene rings is 2. The molecule has 1 saturated carbocycles. The Kier molecular flexibility index (Phi) is 7.03. The molecule has 30 heavy (non-hydrogen) atoms. The van der Waals surface area contributed by atoms with Crippen LogP contribution in [0.15, 0.2) is 36.4 Å². The third-order valence-electron chi connectivity index (χ3n) is 6.60. The lowest BCUT2D eigenvalue weighted by atomic mass is 9.80. The second-order valence-corrected chi connectivity index (χ2v) is 10.3. The molecule has 3 rings (SSSR count). The molecule has 3 nitrogen and oxygen atoms in total. The van der Waals surface area contributed by atoms with Crippen LogP contribution in [0.5, 0.6) is 0 Å². The normalized spacial score (nSPS) is 16.2. The predicted molar refractivity (Wildman–Crippen MR) is 123 cm³/mol. The van der Waals surface area contributed by atoms with Crippen molar-refractivity contribution in [2.24, 2.45) is 0 Å². The molecule has 0 aromatic heterocycles. The molecule has 1 unspecified atom stereocenters. The molecule has 1 aliphatic rings. The monoisotopic (exact) mass is 423 g/mol. The molecule has 1 aliphatic carbocycles. The Balaban J connectivity index is 2.13. The molecule has 4 heteroatoms. The molecule has 0 aliphatic heterocycles. The van der Waals surface area contributed by atoms with Gasteiger partial charge in [0.15, 0.2) is 13.6 Å². The quantitative estimate of drug-likeness (QED) is 0.356. The van der Waals surface area contributed by atoms with E-state index in [0.717, 1.165) is 54.4 Å². The molecule has 0 saturated heterocycles. The summed E-state index contributed by atoms with van der Waals surface area (Å²) in [6.45, 7) is 7.84. The van der Waals surface area contributed by atoms with Gasteiger partial charge in [-0.3, -0.25) is 14.2 Å². The minimum absolute atomic E-state index is 0.0720. The van der Waals surface area contributed by atoms with Crippen LogP contribution < -0.4 is 0 Å². The Morgan fingerprint density at radius 3 is 1.83 bits per heavy atom. The Morgan fingerprint density at radius 1 is 0.833 bits per heavy atom. The zero-order valence-electron chi connectivity index (χ0n) is 18.6. The van der Waals surface area contributed by atoms with Gasteiger partial charge in [0.2, 0.25) is 5.52 Å². The Hall–Kier alpha value is -2.12. The summed E-state index contributed by atoms with van der Waals surface area (Å²) in [5.74, 6) is -0.0720. The molecular weight excluding hydrogens is 391 g/mol. The van der Waals surface area contributed by atoms with Gasteiger partial charge in [-0.2, -0.15) is 0 Å². The fourth-order valence-corrected chi connectivity index (χ4v) is 6.84. The highest BCUT2D eigenvalue weighted by molar-refractivity contribution is 7.67. The lowest BCUT2D eigenvalue weighted by molar-refractivity contribution is 0.0901. The van der Waals surface area contributed by atoms with Crippen LogP contribution in [0.1, 0.15) is 88.9 Å². The molecule has 0 amide bonds. The van der Waals surface area contributed by atoms with Crippen molar-refractivity contribution < 1.29 is 14.2 Å². The van der Waals surface area contributed by atoms with Crippen molar-refractivity contribution in [3.05, 3.63) is 69.8 Å². The van der Waals surface area contributed by atoms with Crippen LogP contribution >= 0.6 is 7.80 Å². The molecule has 1 fully saturated rings. The fourth-order valence-electron chi connectivity index (χ4n) is 4.87. The van der Waals surface area contributed by atoms with Gasteiger partial charge in [0, 0.05) is 11.1 Å². The lowest BCUT2D eigenvalue weighted by Gasteiger charge is -2.35. The van der Waals surface area contributed by atoms with E-state index < -0.39 is 13.0 Å². The number of rotatable bonds is 7. The molecular formula is C26H32O3P. The Bertz CT molecular complexity index is 941. The zero-order valence-corrected chi connectivity index (χ0v) is 19.5. The number of carbonyl (C=O) groups is 2. The van der Waals surface area contributed by atoms with E-state index in [0.29, 0.717) is 24.0 Å². The summed E-state index contributed by atoms with van der Waals surface area (Å²) in [6, 6.07) is 11.6. The SMILES string of the molecule is CCc1cccc(CC)c1C(=O)C1([P](=O)C(=O)c2c(C)cccc2C)CCCCC1. The lowest BCUT2D eigenvalue weighted by Crippen LogP contribution is -2.40. The highest BCUT2D eigenvalue weighted by atomic mass is 31.1. The minimum atomic E-state index is -2.39. The van der Waals surface area contributed by atoms with Gasteiger partial charge in [0.1, 0.15) is 5.16 Å². The minimum Gasteiger partial charge on any atom is -0.293 e. The van der Waals surface area contributed by atoms with Gasteiger partial charge in [0.25, 0.3) is 0 Å². The second-order valence-electron chi connectivity index (χ2n) is 8.45. The fraction of sp³-hybridized carbons (Fsp3) is 0.462. The van der Waals surface area contributed by atoms with Crippen LogP contribution in [0.3, 0.4) is 0 Å². The average Bonchev–Trinajstić information content (AvgIpc) is 2.77. The van der Waals surface area contributed by atoms with Gasteiger partial charge in [-0.25, -0.2) is 0 Å². The van der Waals surface area contributed by atoms with Gasteiger partial charge in [-0.05, 0) is 61.8 Å². The number of aryl methyl sites for hydroxylation is 4.